The molecule has 2 saturated heterocycles. The predicted octanol–water partition coefficient (Wildman–Crippen LogP) is -0.293. The maximum absolute atomic E-state index is 3.53. The third-order valence-corrected chi connectivity index (χ3v) is 3.20. The van der Waals surface area contributed by atoms with Gasteiger partial charge in [0.05, 0.1) is 0 Å². The molecule has 9 heavy (non-hydrogen) atoms. The largest absolute Gasteiger partial charge is 0.309 e. The van der Waals surface area contributed by atoms with Gasteiger partial charge in [-0.3, -0.25) is 0 Å². The number of piperidine rings is 1. The van der Waals surface area contributed by atoms with E-state index in [2.05, 4.69) is 17.6 Å². The molecular weight excluding hydrogens is 112 g/mol. The Bertz CT molecular complexity index is 157. The third kappa shape index (κ3) is 0.413. The van der Waals surface area contributed by atoms with Crippen LogP contribution in [0.2, 0.25) is 0 Å². The topological polar surface area (TPSA) is 34.0 Å². The highest BCUT2D eigenvalue weighted by Gasteiger charge is 2.59. The van der Waals surface area contributed by atoms with E-state index in [1.165, 1.54) is 6.42 Å². The molecule has 0 aromatic carbocycles. The molecule has 2 aliphatic heterocycles. The van der Waals surface area contributed by atoms with Crippen molar-refractivity contribution in [1.82, 2.24) is 10.6 Å². The smallest absolute Gasteiger partial charge is 0.0382 e. The first-order valence-electron chi connectivity index (χ1n) is 3.88. The molecule has 5 atom stereocenters. The average molecular weight is 124 g/mol. The van der Waals surface area contributed by atoms with E-state index in [4.69, 9.17) is 0 Å². The second kappa shape index (κ2) is 1.18. The molecule has 1 saturated carbocycles. The molecular formula is C7H12N2. The standard InChI is InChI=1S/C7H12N2/c1-3-4-2-5-7(9-5)6(4)8-3/h3-9H,2H2,1H3. The molecule has 2 heterocycles. The minimum absolute atomic E-state index is 0.810. The molecule has 1 aliphatic carbocycles. The van der Waals surface area contributed by atoms with Crippen molar-refractivity contribution >= 4 is 0 Å². The van der Waals surface area contributed by atoms with E-state index < -0.39 is 0 Å². The van der Waals surface area contributed by atoms with Crippen molar-refractivity contribution < 1.29 is 0 Å². The van der Waals surface area contributed by atoms with Gasteiger partial charge in [-0.05, 0) is 19.3 Å². The molecule has 0 bridgehead atoms. The first-order valence-corrected chi connectivity index (χ1v) is 3.88. The molecule has 2 nitrogen and oxygen atoms in total. The zero-order valence-corrected chi connectivity index (χ0v) is 5.59. The van der Waals surface area contributed by atoms with Crippen LogP contribution in [0.5, 0.6) is 0 Å². The minimum atomic E-state index is 0.810. The van der Waals surface area contributed by atoms with E-state index in [0.29, 0.717) is 0 Å². The molecule has 0 radical (unpaired) electrons. The Labute approximate surface area is 55.0 Å². The van der Waals surface area contributed by atoms with Crippen molar-refractivity contribution in [1.29, 1.82) is 0 Å². The molecule has 0 aromatic rings. The van der Waals surface area contributed by atoms with Gasteiger partial charge in [-0.2, -0.15) is 0 Å². The van der Waals surface area contributed by atoms with Crippen LogP contribution < -0.4 is 10.6 Å². The van der Waals surface area contributed by atoms with Crippen molar-refractivity contribution in [3.8, 4) is 0 Å². The Hall–Kier alpha value is -0.0800. The summed E-state index contributed by atoms with van der Waals surface area (Å²) in [4.78, 5) is 0. The van der Waals surface area contributed by atoms with Gasteiger partial charge in [0.15, 0.2) is 0 Å². The van der Waals surface area contributed by atoms with Crippen LogP contribution in [0.4, 0.5) is 0 Å². The molecule has 3 fully saturated rings. The van der Waals surface area contributed by atoms with Gasteiger partial charge in [0.1, 0.15) is 0 Å². The molecule has 0 aromatic heterocycles. The van der Waals surface area contributed by atoms with E-state index in [-0.39, 0.29) is 0 Å². The summed E-state index contributed by atoms with van der Waals surface area (Å²) in [5, 5.41) is 6.99. The van der Waals surface area contributed by atoms with Gasteiger partial charge in [0, 0.05) is 24.2 Å². The van der Waals surface area contributed by atoms with Crippen LogP contribution in [-0.4, -0.2) is 24.2 Å². The fraction of sp³-hybridized carbons (Fsp3) is 1.00. The second-order valence-electron chi connectivity index (χ2n) is 3.68. The van der Waals surface area contributed by atoms with Gasteiger partial charge in [-0.1, -0.05) is 0 Å². The van der Waals surface area contributed by atoms with Crippen LogP contribution in [-0.2, 0) is 0 Å². The Morgan fingerprint density at radius 2 is 2.11 bits per heavy atom. The van der Waals surface area contributed by atoms with Crippen LogP contribution >= 0.6 is 0 Å². The first kappa shape index (κ1) is 4.69. The number of nitrogens with one attached hydrogen (secondary N) is 2. The van der Waals surface area contributed by atoms with Crippen LogP contribution in [0.25, 0.3) is 0 Å². The molecule has 3 aliphatic rings. The summed E-state index contributed by atoms with van der Waals surface area (Å²) < 4.78 is 0. The zero-order chi connectivity index (χ0) is 6.01. The van der Waals surface area contributed by atoms with Gasteiger partial charge in [0.2, 0.25) is 0 Å². The molecule has 5 unspecified atom stereocenters. The number of rotatable bonds is 0. The van der Waals surface area contributed by atoms with Crippen LogP contribution in [0.1, 0.15) is 13.3 Å². The maximum atomic E-state index is 3.53. The minimum Gasteiger partial charge on any atom is -0.309 e. The quantitative estimate of drug-likeness (QED) is 0.435. The highest BCUT2D eigenvalue weighted by molar-refractivity contribution is 5.21. The summed E-state index contributed by atoms with van der Waals surface area (Å²) in [6.45, 7) is 2.30. The lowest BCUT2D eigenvalue weighted by molar-refractivity contribution is 0.170. The molecule has 0 spiro atoms. The van der Waals surface area contributed by atoms with Crippen molar-refractivity contribution in [2.75, 3.05) is 0 Å². The summed E-state index contributed by atoms with van der Waals surface area (Å²) >= 11 is 0. The summed E-state index contributed by atoms with van der Waals surface area (Å²) in [5.74, 6) is 1.02. The zero-order valence-electron chi connectivity index (χ0n) is 5.59. The first-order chi connectivity index (χ1) is 4.36. The van der Waals surface area contributed by atoms with E-state index in [0.717, 1.165) is 30.1 Å². The Balaban J connectivity index is 1.85. The van der Waals surface area contributed by atoms with Gasteiger partial charge < -0.3 is 10.6 Å². The Morgan fingerprint density at radius 3 is 2.67 bits per heavy atom. The second-order valence-corrected chi connectivity index (χ2v) is 3.68. The van der Waals surface area contributed by atoms with Crippen LogP contribution in [0.3, 0.4) is 0 Å². The maximum Gasteiger partial charge on any atom is 0.0382 e. The molecule has 50 valence electrons. The van der Waals surface area contributed by atoms with Crippen molar-refractivity contribution in [2.45, 2.75) is 37.5 Å². The molecule has 2 heteroatoms. The van der Waals surface area contributed by atoms with Crippen LogP contribution in [0.15, 0.2) is 0 Å². The molecule has 2 N–H and O–H groups in total. The molecule has 3 rings (SSSR count). The molecule has 0 amide bonds. The summed E-state index contributed by atoms with van der Waals surface area (Å²) in [6, 6.07) is 3.43. The normalized spacial score (nSPS) is 68.3. The number of hydrogen-bond acceptors (Lipinski definition) is 2. The van der Waals surface area contributed by atoms with Gasteiger partial charge in [0.25, 0.3) is 0 Å². The summed E-state index contributed by atoms with van der Waals surface area (Å²) in [5.41, 5.74) is 0. The number of hydrogen-bond donors (Lipinski definition) is 2. The van der Waals surface area contributed by atoms with E-state index in [9.17, 15) is 0 Å². The van der Waals surface area contributed by atoms with E-state index in [1.54, 1.807) is 0 Å². The SMILES string of the molecule is CC1NC2C1CC1NC12. The lowest BCUT2D eigenvalue weighted by atomic mass is 9.85. The lowest BCUT2D eigenvalue weighted by Gasteiger charge is -2.41. The lowest BCUT2D eigenvalue weighted by Crippen LogP contribution is -2.60. The van der Waals surface area contributed by atoms with E-state index in [1.807, 2.05) is 0 Å². The van der Waals surface area contributed by atoms with Gasteiger partial charge in [-0.15, -0.1) is 0 Å². The highest BCUT2D eigenvalue weighted by atomic mass is 15.3. The van der Waals surface area contributed by atoms with Crippen molar-refractivity contribution in [3.63, 3.8) is 0 Å². The van der Waals surface area contributed by atoms with Crippen LogP contribution in [0, 0.1) is 5.92 Å². The van der Waals surface area contributed by atoms with Crippen molar-refractivity contribution in [2.24, 2.45) is 5.92 Å². The number of fused-ring (bicyclic) bond motifs is 3. The highest BCUT2D eigenvalue weighted by Crippen LogP contribution is 2.43. The van der Waals surface area contributed by atoms with Gasteiger partial charge >= 0.3 is 0 Å². The Kier molecular flexibility index (Phi) is 0.616. The van der Waals surface area contributed by atoms with Crippen molar-refractivity contribution in [3.05, 3.63) is 0 Å². The van der Waals surface area contributed by atoms with Gasteiger partial charge in [-0.25, -0.2) is 0 Å². The third-order valence-electron chi connectivity index (χ3n) is 3.20. The fourth-order valence-corrected chi connectivity index (χ4v) is 2.52. The average Bonchev–Trinajstić information content (AvgIpc) is 2.52. The van der Waals surface area contributed by atoms with E-state index >= 15 is 0 Å². The predicted molar refractivity (Wildman–Crippen MR) is 35.2 cm³/mol. The fourth-order valence-electron chi connectivity index (χ4n) is 2.52. The Morgan fingerprint density at radius 1 is 1.22 bits per heavy atom. The summed E-state index contributed by atoms with van der Waals surface area (Å²) in [6.07, 6.45) is 1.43. The monoisotopic (exact) mass is 124 g/mol. The summed E-state index contributed by atoms with van der Waals surface area (Å²) in [7, 11) is 0.